The van der Waals surface area contributed by atoms with Gasteiger partial charge in [-0.05, 0) is 31.9 Å². The molecule has 4 nitrogen and oxygen atoms in total. The molecule has 1 N–H and O–H groups in total. The third-order valence-corrected chi connectivity index (χ3v) is 3.67. The molecule has 20 heavy (non-hydrogen) atoms. The van der Waals surface area contributed by atoms with Crippen molar-refractivity contribution in [2.24, 2.45) is 0 Å². The summed E-state index contributed by atoms with van der Waals surface area (Å²) in [6.45, 7) is 3.38. The van der Waals surface area contributed by atoms with Crippen LogP contribution in [0.15, 0.2) is 30.3 Å². The molecule has 1 unspecified atom stereocenters. The van der Waals surface area contributed by atoms with E-state index in [-0.39, 0.29) is 11.8 Å². The van der Waals surface area contributed by atoms with Crippen LogP contribution in [0.5, 0.6) is 0 Å². The van der Waals surface area contributed by atoms with Crippen LogP contribution in [-0.2, 0) is 4.79 Å². The van der Waals surface area contributed by atoms with Crippen LogP contribution in [0.1, 0.15) is 43.0 Å². The summed E-state index contributed by atoms with van der Waals surface area (Å²) >= 11 is 0. The van der Waals surface area contributed by atoms with Gasteiger partial charge >= 0.3 is 0 Å². The third kappa shape index (κ3) is 3.83. The Kier molecular flexibility index (Phi) is 5.16. The first kappa shape index (κ1) is 14.6. The Hall–Kier alpha value is -1.84. The number of carbonyl (C=O) groups excluding carboxylic acids is 2. The zero-order chi connectivity index (χ0) is 14.4. The lowest BCUT2D eigenvalue weighted by molar-refractivity contribution is -0.132. The zero-order valence-electron chi connectivity index (χ0n) is 12.0. The van der Waals surface area contributed by atoms with Gasteiger partial charge in [-0.25, -0.2) is 0 Å². The molecule has 0 saturated carbocycles. The minimum Gasteiger partial charge on any atom is -0.341 e. The van der Waals surface area contributed by atoms with Gasteiger partial charge in [0.2, 0.25) is 5.91 Å². The van der Waals surface area contributed by atoms with Crippen molar-refractivity contribution in [1.29, 1.82) is 0 Å². The first-order valence-electron chi connectivity index (χ1n) is 7.33. The van der Waals surface area contributed by atoms with Crippen molar-refractivity contribution in [2.75, 3.05) is 13.1 Å². The smallest absolute Gasteiger partial charge is 0.251 e. The molecule has 1 heterocycles. The molecule has 4 heteroatoms. The summed E-state index contributed by atoms with van der Waals surface area (Å²) in [7, 11) is 0. The van der Waals surface area contributed by atoms with Crippen LogP contribution in [0, 0.1) is 0 Å². The van der Waals surface area contributed by atoms with Gasteiger partial charge in [0, 0.05) is 18.7 Å². The van der Waals surface area contributed by atoms with E-state index in [0.29, 0.717) is 5.56 Å². The second-order valence-corrected chi connectivity index (χ2v) is 5.30. The van der Waals surface area contributed by atoms with Gasteiger partial charge in [-0.1, -0.05) is 31.0 Å². The Morgan fingerprint density at radius 3 is 2.25 bits per heavy atom. The molecule has 2 amide bonds. The van der Waals surface area contributed by atoms with Crippen LogP contribution < -0.4 is 5.32 Å². The number of nitrogens with one attached hydrogen (secondary N) is 1. The van der Waals surface area contributed by atoms with Gasteiger partial charge in [0.25, 0.3) is 5.91 Å². The molecule has 0 bridgehead atoms. The Morgan fingerprint density at radius 2 is 1.65 bits per heavy atom. The second kappa shape index (κ2) is 7.08. The van der Waals surface area contributed by atoms with Crippen LogP contribution in [0.2, 0.25) is 0 Å². The number of hydrogen-bond donors (Lipinski definition) is 1. The van der Waals surface area contributed by atoms with Gasteiger partial charge in [-0.15, -0.1) is 0 Å². The summed E-state index contributed by atoms with van der Waals surface area (Å²) in [6, 6.07) is 8.52. The molecule has 1 aliphatic rings. The summed E-state index contributed by atoms with van der Waals surface area (Å²) in [6.07, 6.45) is 4.50. The quantitative estimate of drug-likeness (QED) is 0.918. The summed E-state index contributed by atoms with van der Waals surface area (Å²) in [5, 5.41) is 2.78. The van der Waals surface area contributed by atoms with E-state index < -0.39 is 6.04 Å². The SMILES string of the molecule is CC(NC(=O)c1ccccc1)C(=O)N1CCCCCC1. The number of rotatable bonds is 3. The molecule has 1 fully saturated rings. The Bertz CT molecular complexity index is 451. The molecule has 108 valence electrons. The van der Waals surface area contributed by atoms with Crippen LogP contribution in [0.4, 0.5) is 0 Å². The average molecular weight is 274 g/mol. The van der Waals surface area contributed by atoms with Crippen LogP contribution >= 0.6 is 0 Å². The van der Waals surface area contributed by atoms with E-state index in [1.165, 1.54) is 12.8 Å². The molecular formula is C16H22N2O2. The summed E-state index contributed by atoms with van der Waals surface area (Å²) in [4.78, 5) is 26.2. The monoisotopic (exact) mass is 274 g/mol. The minimum atomic E-state index is -0.471. The number of carbonyl (C=O) groups is 2. The molecule has 0 aromatic heterocycles. The number of benzene rings is 1. The maximum Gasteiger partial charge on any atom is 0.251 e. The predicted molar refractivity (Wildman–Crippen MR) is 78.4 cm³/mol. The number of amides is 2. The molecule has 0 spiro atoms. The zero-order valence-corrected chi connectivity index (χ0v) is 12.0. The lowest BCUT2D eigenvalue weighted by Gasteiger charge is -2.24. The van der Waals surface area contributed by atoms with Gasteiger partial charge in [0.15, 0.2) is 0 Å². The highest BCUT2D eigenvalue weighted by molar-refractivity contribution is 5.97. The fourth-order valence-electron chi connectivity index (χ4n) is 2.50. The van der Waals surface area contributed by atoms with Crippen molar-refractivity contribution >= 4 is 11.8 Å². The van der Waals surface area contributed by atoms with Gasteiger partial charge in [-0.2, -0.15) is 0 Å². The van der Waals surface area contributed by atoms with Crippen LogP contribution in [0.25, 0.3) is 0 Å². The van der Waals surface area contributed by atoms with E-state index in [4.69, 9.17) is 0 Å². The standard InChI is InChI=1S/C16H22N2O2/c1-13(16(20)18-11-7-2-3-8-12-18)17-15(19)14-9-5-4-6-10-14/h4-6,9-10,13H,2-3,7-8,11-12H2,1H3,(H,17,19). The van der Waals surface area contributed by atoms with E-state index >= 15 is 0 Å². The Balaban J connectivity index is 1.92. The highest BCUT2D eigenvalue weighted by atomic mass is 16.2. The minimum absolute atomic E-state index is 0.0242. The Morgan fingerprint density at radius 1 is 1.05 bits per heavy atom. The summed E-state index contributed by atoms with van der Waals surface area (Å²) in [5.41, 5.74) is 0.586. The first-order chi connectivity index (χ1) is 9.68. The van der Waals surface area contributed by atoms with E-state index in [1.807, 2.05) is 23.1 Å². The van der Waals surface area contributed by atoms with Gasteiger partial charge in [-0.3, -0.25) is 9.59 Å². The molecule has 1 aromatic rings. The molecule has 1 saturated heterocycles. The first-order valence-corrected chi connectivity index (χ1v) is 7.33. The highest BCUT2D eigenvalue weighted by Gasteiger charge is 2.22. The molecule has 1 aromatic carbocycles. The van der Waals surface area contributed by atoms with Crippen molar-refractivity contribution in [3.63, 3.8) is 0 Å². The maximum absolute atomic E-state index is 12.3. The van der Waals surface area contributed by atoms with Crippen molar-refractivity contribution in [3.05, 3.63) is 35.9 Å². The molecule has 1 aliphatic heterocycles. The molecule has 2 rings (SSSR count). The van der Waals surface area contributed by atoms with Gasteiger partial charge < -0.3 is 10.2 Å². The number of hydrogen-bond acceptors (Lipinski definition) is 2. The topological polar surface area (TPSA) is 49.4 Å². The van der Waals surface area contributed by atoms with Crippen molar-refractivity contribution < 1.29 is 9.59 Å². The number of likely N-dealkylation sites (tertiary alicyclic amines) is 1. The van der Waals surface area contributed by atoms with E-state index in [1.54, 1.807) is 19.1 Å². The lowest BCUT2D eigenvalue weighted by Crippen LogP contribution is -2.47. The van der Waals surface area contributed by atoms with E-state index in [0.717, 1.165) is 25.9 Å². The van der Waals surface area contributed by atoms with Crippen molar-refractivity contribution in [3.8, 4) is 0 Å². The van der Waals surface area contributed by atoms with E-state index in [2.05, 4.69) is 5.32 Å². The summed E-state index contributed by atoms with van der Waals surface area (Å²) < 4.78 is 0. The maximum atomic E-state index is 12.3. The lowest BCUT2D eigenvalue weighted by atomic mass is 10.2. The fraction of sp³-hybridized carbons (Fsp3) is 0.500. The van der Waals surface area contributed by atoms with E-state index in [9.17, 15) is 9.59 Å². The van der Waals surface area contributed by atoms with Gasteiger partial charge in [0.1, 0.15) is 6.04 Å². The molecule has 0 aliphatic carbocycles. The molecule has 1 atom stereocenters. The summed E-state index contributed by atoms with van der Waals surface area (Å²) in [5.74, 6) is -0.169. The molecular weight excluding hydrogens is 252 g/mol. The Labute approximate surface area is 120 Å². The average Bonchev–Trinajstić information content (AvgIpc) is 2.76. The third-order valence-electron chi connectivity index (χ3n) is 3.67. The largest absolute Gasteiger partial charge is 0.341 e. The normalized spacial score (nSPS) is 17.1. The van der Waals surface area contributed by atoms with Crippen LogP contribution in [0.3, 0.4) is 0 Å². The van der Waals surface area contributed by atoms with Crippen molar-refractivity contribution in [2.45, 2.75) is 38.6 Å². The molecule has 0 radical (unpaired) electrons. The predicted octanol–water partition coefficient (Wildman–Crippen LogP) is 2.21. The van der Waals surface area contributed by atoms with Crippen molar-refractivity contribution in [1.82, 2.24) is 10.2 Å². The fourth-order valence-corrected chi connectivity index (χ4v) is 2.50. The van der Waals surface area contributed by atoms with Crippen LogP contribution in [-0.4, -0.2) is 35.8 Å². The second-order valence-electron chi connectivity index (χ2n) is 5.30. The highest BCUT2D eigenvalue weighted by Crippen LogP contribution is 2.11. The number of nitrogens with zero attached hydrogens (tertiary/aromatic N) is 1. The van der Waals surface area contributed by atoms with Gasteiger partial charge in [0.05, 0.1) is 0 Å².